The van der Waals surface area contributed by atoms with Gasteiger partial charge in [-0.1, -0.05) is 38.5 Å². The van der Waals surface area contributed by atoms with Gasteiger partial charge in [-0.2, -0.15) is 0 Å². The summed E-state index contributed by atoms with van der Waals surface area (Å²) in [4.78, 5) is 1.58. The van der Waals surface area contributed by atoms with Crippen molar-refractivity contribution < 1.29 is 4.74 Å². The number of hydrogen-bond donors (Lipinski definition) is 0. The molecule has 16 heavy (non-hydrogen) atoms. The molecule has 0 fully saturated rings. The van der Waals surface area contributed by atoms with E-state index in [1.54, 1.807) is 4.91 Å². The third-order valence-corrected chi connectivity index (χ3v) is 4.66. The number of rotatable bonds is 0. The topological polar surface area (TPSA) is 9.23 Å². The molecule has 1 aliphatic carbocycles. The van der Waals surface area contributed by atoms with Crippen molar-refractivity contribution in [2.75, 3.05) is 12.4 Å². The minimum Gasteiger partial charge on any atom is -0.496 e. The van der Waals surface area contributed by atoms with Crippen molar-refractivity contribution in [3.8, 4) is 0 Å². The third-order valence-electron chi connectivity index (χ3n) is 3.50. The maximum atomic E-state index is 5.84. The van der Waals surface area contributed by atoms with Crippen molar-refractivity contribution in [2.24, 2.45) is 0 Å². The first-order valence-corrected chi connectivity index (χ1v) is 7.93. The van der Waals surface area contributed by atoms with Crippen LogP contribution in [0.3, 0.4) is 0 Å². The van der Waals surface area contributed by atoms with Crippen molar-refractivity contribution >= 4 is 11.8 Å². The normalized spacial score (nSPS) is 25.0. The summed E-state index contributed by atoms with van der Waals surface area (Å²) in [6.45, 7) is 0.934. The fourth-order valence-corrected chi connectivity index (χ4v) is 3.57. The number of ether oxygens (including phenoxy) is 1. The van der Waals surface area contributed by atoms with Crippen molar-refractivity contribution in [3.05, 3.63) is 10.7 Å². The van der Waals surface area contributed by atoms with Crippen LogP contribution in [0, 0.1) is 0 Å². The molecule has 0 atom stereocenters. The minimum absolute atomic E-state index is 0.934. The van der Waals surface area contributed by atoms with E-state index in [2.05, 4.69) is 11.8 Å². The van der Waals surface area contributed by atoms with Crippen LogP contribution in [0.2, 0.25) is 0 Å². The van der Waals surface area contributed by atoms with Gasteiger partial charge in [-0.15, -0.1) is 11.8 Å². The standard InChI is InChI=1S/C14H24OS/c1-2-4-6-8-10-14-13(9-7-5-3-1)15-11-12-16-14/h1-12H2. The van der Waals surface area contributed by atoms with E-state index in [4.69, 9.17) is 4.74 Å². The molecular formula is C14H24OS. The Morgan fingerprint density at radius 2 is 1.38 bits per heavy atom. The van der Waals surface area contributed by atoms with Gasteiger partial charge in [0, 0.05) is 17.1 Å². The van der Waals surface area contributed by atoms with E-state index < -0.39 is 0 Å². The van der Waals surface area contributed by atoms with Gasteiger partial charge in [0.1, 0.15) is 5.76 Å². The molecule has 1 heterocycles. The van der Waals surface area contributed by atoms with Gasteiger partial charge in [-0.05, 0) is 19.3 Å². The lowest BCUT2D eigenvalue weighted by Gasteiger charge is -2.21. The summed E-state index contributed by atoms with van der Waals surface area (Å²) in [5, 5.41) is 0. The Kier molecular flexibility index (Phi) is 5.60. The molecule has 2 rings (SSSR count). The molecule has 0 unspecified atom stereocenters. The molecule has 2 heteroatoms. The van der Waals surface area contributed by atoms with Crippen LogP contribution in [0.15, 0.2) is 10.7 Å². The summed E-state index contributed by atoms with van der Waals surface area (Å²) in [6.07, 6.45) is 13.8. The van der Waals surface area contributed by atoms with E-state index in [0.717, 1.165) is 6.61 Å². The summed E-state index contributed by atoms with van der Waals surface area (Å²) in [5.74, 6) is 2.51. The first-order valence-electron chi connectivity index (χ1n) is 6.94. The van der Waals surface area contributed by atoms with Crippen LogP contribution in [0.5, 0.6) is 0 Å². The summed E-state index contributed by atoms with van der Waals surface area (Å²) in [7, 11) is 0. The van der Waals surface area contributed by atoms with Crippen molar-refractivity contribution in [3.63, 3.8) is 0 Å². The molecule has 0 aromatic heterocycles. The molecule has 0 N–H and O–H groups in total. The van der Waals surface area contributed by atoms with Crippen molar-refractivity contribution in [1.29, 1.82) is 0 Å². The largest absolute Gasteiger partial charge is 0.496 e. The van der Waals surface area contributed by atoms with E-state index in [1.165, 1.54) is 75.7 Å². The molecule has 1 aliphatic heterocycles. The molecular weight excluding hydrogens is 216 g/mol. The second kappa shape index (κ2) is 7.26. The van der Waals surface area contributed by atoms with E-state index in [-0.39, 0.29) is 0 Å². The molecule has 1 nitrogen and oxygen atoms in total. The molecule has 0 amide bonds. The number of thioether (sulfide) groups is 1. The Labute approximate surface area is 104 Å². The van der Waals surface area contributed by atoms with Gasteiger partial charge in [0.05, 0.1) is 6.61 Å². The Hall–Kier alpha value is -0.110. The van der Waals surface area contributed by atoms with Gasteiger partial charge < -0.3 is 4.74 Å². The van der Waals surface area contributed by atoms with Gasteiger partial charge in [0.25, 0.3) is 0 Å². The highest BCUT2D eigenvalue weighted by Crippen LogP contribution is 2.33. The quantitative estimate of drug-likeness (QED) is 0.597. The zero-order valence-corrected chi connectivity index (χ0v) is 11.1. The first kappa shape index (κ1) is 12.3. The van der Waals surface area contributed by atoms with E-state index in [0.29, 0.717) is 0 Å². The Morgan fingerprint density at radius 3 is 2.12 bits per heavy atom. The van der Waals surface area contributed by atoms with Gasteiger partial charge in [-0.3, -0.25) is 0 Å². The maximum absolute atomic E-state index is 5.84. The second-order valence-electron chi connectivity index (χ2n) is 4.87. The summed E-state index contributed by atoms with van der Waals surface area (Å²) >= 11 is 2.05. The lowest BCUT2D eigenvalue weighted by Crippen LogP contribution is -2.07. The highest BCUT2D eigenvalue weighted by Gasteiger charge is 2.14. The van der Waals surface area contributed by atoms with Gasteiger partial charge in [0.2, 0.25) is 0 Å². The first-order chi connectivity index (χ1) is 7.97. The molecule has 0 radical (unpaired) electrons. The number of allylic oxidation sites excluding steroid dienone is 2. The summed E-state index contributed by atoms with van der Waals surface area (Å²) < 4.78 is 5.84. The molecule has 2 aliphatic rings. The predicted octanol–water partition coefficient (Wildman–Crippen LogP) is 4.88. The summed E-state index contributed by atoms with van der Waals surface area (Å²) in [5.41, 5.74) is 0. The fourth-order valence-electron chi connectivity index (χ4n) is 2.55. The SMILES string of the molecule is C1CCCCCC2=C(CCCC1)OCCS2. The van der Waals surface area contributed by atoms with Crippen LogP contribution in [0.4, 0.5) is 0 Å². The van der Waals surface area contributed by atoms with Crippen molar-refractivity contribution in [2.45, 2.75) is 64.2 Å². The predicted molar refractivity (Wildman–Crippen MR) is 71.6 cm³/mol. The van der Waals surface area contributed by atoms with E-state index >= 15 is 0 Å². The summed E-state index contributed by atoms with van der Waals surface area (Å²) in [6, 6.07) is 0. The average Bonchev–Trinajstić information content (AvgIpc) is 2.30. The zero-order valence-electron chi connectivity index (χ0n) is 10.3. The van der Waals surface area contributed by atoms with E-state index in [9.17, 15) is 0 Å². The molecule has 0 aromatic carbocycles. The molecule has 0 bridgehead atoms. The molecule has 0 saturated carbocycles. The monoisotopic (exact) mass is 240 g/mol. The van der Waals surface area contributed by atoms with Gasteiger partial charge in [-0.25, -0.2) is 0 Å². The Balaban J connectivity index is 1.91. The van der Waals surface area contributed by atoms with Crippen LogP contribution in [0.1, 0.15) is 64.2 Å². The van der Waals surface area contributed by atoms with Gasteiger partial charge >= 0.3 is 0 Å². The molecule has 92 valence electrons. The molecule has 0 aromatic rings. The van der Waals surface area contributed by atoms with Crippen LogP contribution in [0.25, 0.3) is 0 Å². The smallest absolute Gasteiger partial charge is 0.105 e. The van der Waals surface area contributed by atoms with Crippen molar-refractivity contribution in [1.82, 2.24) is 0 Å². The Bertz CT molecular complexity index is 211. The average molecular weight is 240 g/mol. The van der Waals surface area contributed by atoms with E-state index in [1.807, 2.05) is 0 Å². The maximum Gasteiger partial charge on any atom is 0.105 e. The third kappa shape index (κ3) is 4.04. The number of hydrogen-bond acceptors (Lipinski definition) is 2. The van der Waals surface area contributed by atoms with Crippen LogP contribution in [-0.4, -0.2) is 12.4 Å². The highest BCUT2D eigenvalue weighted by molar-refractivity contribution is 8.03. The lowest BCUT2D eigenvalue weighted by atomic mass is 10.0. The lowest BCUT2D eigenvalue weighted by molar-refractivity contribution is 0.212. The zero-order chi connectivity index (χ0) is 11.1. The van der Waals surface area contributed by atoms with Crippen LogP contribution < -0.4 is 0 Å². The van der Waals surface area contributed by atoms with Crippen LogP contribution >= 0.6 is 11.8 Å². The Morgan fingerprint density at radius 1 is 0.750 bits per heavy atom. The molecule has 0 saturated heterocycles. The fraction of sp³-hybridized carbons (Fsp3) is 0.857. The second-order valence-corrected chi connectivity index (χ2v) is 6.06. The highest BCUT2D eigenvalue weighted by atomic mass is 32.2. The van der Waals surface area contributed by atoms with Crippen LogP contribution in [-0.2, 0) is 4.74 Å². The minimum atomic E-state index is 0.934. The van der Waals surface area contributed by atoms with Gasteiger partial charge in [0.15, 0.2) is 0 Å². The molecule has 0 spiro atoms.